The van der Waals surface area contributed by atoms with Gasteiger partial charge in [0.05, 0.1) is 31.4 Å². The molecule has 0 radical (unpaired) electrons. The molecule has 1 aromatic rings. The molecule has 0 aliphatic carbocycles. The first-order valence-corrected chi connectivity index (χ1v) is 9.06. The Balaban J connectivity index is 0. The Labute approximate surface area is 159 Å². The Hall–Kier alpha value is -2.54. The molecule has 26 heavy (non-hydrogen) atoms. The lowest BCUT2D eigenvalue weighted by atomic mass is 9.95. The van der Waals surface area contributed by atoms with Gasteiger partial charge in [0.25, 0.3) is 0 Å². The van der Waals surface area contributed by atoms with Gasteiger partial charge in [-0.3, -0.25) is 0 Å². The van der Waals surface area contributed by atoms with Gasteiger partial charge in [0.1, 0.15) is 5.75 Å². The molecule has 0 aliphatic rings. The number of hydrogen-bond donors (Lipinski definition) is 0. The molecular weight excluding hydrogens is 326 g/mol. The summed E-state index contributed by atoms with van der Waals surface area (Å²) < 4.78 is 10.1. The zero-order valence-electron chi connectivity index (χ0n) is 17.3. The van der Waals surface area contributed by atoms with Crippen molar-refractivity contribution in [1.29, 1.82) is 5.26 Å². The van der Waals surface area contributed by atoms with Gasteiger partial charge in [-0.2, -0.15) is 5.26 Å². The molecule has 0 bridgehead atoms. The van der Waals surface area contributed by atoms with Gasteiger partial charge in [0.15, 0.2) is 0 Å². The molecular formula is C22H33NO3. The largest absolute Gasteiger partial charge is 0.496 e. The number of ether oxygens (including phenoxy) is 2. The maximum atomic E-state index is 11.8. The average molecular weight is 360 g/mol. The minimum Gasteiger partial charge on any atom is -0.496 e. The molecule has 1 rings (SSSR count). The highest BCUT2D eigenvalue weighted by Gasteiger charge is 2.17. The number of nitriles is 1. The molecule has 0 amide bonds. The van der Waals surface area contributed by atoms with Crippen molar-refractivity contribution in [3.63, 3.8) is 0 Å². The zero-order chi connectivity index (χ0) is 20.5. The van der Waals surface area contributed by atoms with Gasteiger partial charge in [-0.05, 0) is 30.2 Å². The Morgan fingerprint density at radius 1 is 1.19 bits per heavy atom. The van der Waals surface area contributed by atoms with E-state index in [2.05, 4.69) is 26.5 Å². The number of methoxy groups -OCH3 is 2. The number of hydrogen-bond acceptors (Lipinski definition) is 4. The van der Waals surface area contributed by atoms with Crippen LogP contribution in [0.4, 0.5) is 0 Å². The summed E-state index contributed by atoms with van der Waals surface area (Å²) in [6.45, 7) is 13.9. The molecule has 0 spiro atoms. The molecule has 144 valence electrons. The highest BCUT2D eigenvalue weighted by molar-refractivity contribution is 6.01. The SMILES string of the molecule is C=C/C(C(=O)OC)=C(\CC)c1cc(C#N)ccc1OC.CC.CCCC. The number of nitrogens with zero attached hydrogens (tertiary/aromatic N) is 1. The van der Waals surface area contributed by atoms with Gasteiger partial charge < -0.3 is 9.47 Å². The monoisotopic (exact) mass is 359 g/mol. The number of allylic oxidation sites excluding steroid dienone is 1. The van der Waals surface area contributed by atoms with Crippen LogP contribution in [0, 0.1) is 11.3 Å². The van der Waals surface area contributed by atoms with Crippen molar-refractivity contribution >= 4 is 11.5 Å². The van der Waals surface area contributed by atoms with E-state index in [-0.39, 0.29) is 0 Å². The molecule has 0 saturated carbocycles. The van der Waals surface area contributed by atoms with Crippen LogP contribution in [0.1, 0.15) is 65.0 Å². The van der Waals surface area contributed by atoms with E-state index in [1.165, 1.54) is 26.0 Å². The van der Waals surface area contributed by atoms with Crippen LogP contribution in [0.25, 0.3) is 5.57 Å². The predicted octanol–water partition coefficient (Wildman–Crippen LogP) is 5.92. The summed E-state index contributed by atoms with van der Waals surface area (Å²) in [5.74, 6) is 0.144. The lowest BCUT2D eigenvalue weighted by Crippen LogP contribution is -2.06. The normalized spacial score (nSPS) is 9.92. The third-order valence-electron chi connectivity index (χ3n) is 3.44. The number of unbranched alkanes of at least 4 members (excludes halogenated alkanes) is 1. The average Bonchev–Trinajstić information content (AvgIpc) is 2.72. The van der Waals surface area contributed by atoms with E-state index in [0.29, 0.717) is 28.9 Å². The fourth-order valence-electron chi connectivity index (χ4n) is 1.98. The van der Waals surface area contributed by atoms with Crippen molar-refractivity contribution in [1.82, 2.24) is 0 Å². The highest BCUT2D eigenvalue weighted by atomic mass is 16.5. The lowest BCUT2D eigenvalue weighted by molar-refractivity contribution is -0.135. The minimum atomic E-state index is -0.457. The molecule has 0 heterocycles. The molecule has 0 unspecified atom stereocenters. The van der Waals surface area contributed by atoms with E-state index in [0.717, 1.165) is 5.57 Å². The fourth-order valence-corrected chi connectivity index (χ4v) is 1.98. The number of carbonyl (C=O) groups is 1. The second kappa shape index (κ2) is 16.0. The van der Waals surface area contributed by atoms with E-state index in [1.807, 2.05) is 20.8 Å². The zero-order valence-corrected chi connectivity index (χ0v) is 17.3. The van der Waals surface area contributed by atoms with E-state index < -0.39 is 5.97 Å². The van der Waals surface area contributed by atoms with Crippen molar-refractivity contribution in [2.45, 2.75) is 53.9 Å². The molecule has 0 aromatic heterocycles. The van der Waals surface area contributed by atoms with Crippen LogP contribution in [-0.4, -0.2) is 20.2 Å². The summed E-state index contributed by atoms with van der Waals surface area (Å²) in [5.41, 5.74) is 2.32. The summed E-state index contributed by atoms with van der Waals surface area (Å²) in [7, 11) is 2.87. The second-order valence-electron chi connectivity index (χ2n) is 4.97. The highest BCUT2D eigenvalue weighted by Crippen LogP contribution is 2.32. The Bertz CT molecular complexity index is 623. The predicted molar refractivity (Wildman–Crippen MR) is 109 cm³/mol. The third kappa shape index (κ3) is 8.02. The molecule has 0 N–H and O–H groups in total. The summed E-state index contributed by atoms with van der Waals surface area (Å²) in [6, 6.07) is 7.15. The maximum Gasteiger partial charge on any atom is 0.338 e. The number of benzene rings is 1. The van der Waals surface area contributed by atoms with Crippen molar-refractivity contribution in [3.8, 4) is 11.8 Å². The summed E-state index contributed by atoms with van der Waals surface area (Å²) in [6.07, 6.45) is 4.69. The van der Waals surface area contributed by atoms with Crippen LogP contribution in [0.15, 0.2) is 36.4 Å². The molecule has 0 atom stereocenters. The molecule has 1 aromatic carbocycles. The molecule has 0 aliphatic heterocycles. The van der Waals surface area contributed by atoms with E-state index in [1.54, 1.807) is 25.3 Å². The number of rotatable bonds is 6. The van der Waals surface area contributed by atoms with Crippen molar-refractivity contribution in [2.75, 3.05) is 14.2 Å². The standard InChI is InChI=1S/C16H17NO3.C4H10.C2H6/c1-5-12(13(6-2)16(18)20-4)14-9-11(10-17)7-8-15(14)19-3;1-3-4-2;1-2/h6-9H,2,5H2,1,3-4H3;3-4H2,1-2H3;1-2H3/b13-12-;;. The van der Waals surface area contributed by atoms with Crippen LogP contribution in [0.3, 0.4) is 0 Å². The van der Waals surface area contributed by atoms with Crippen LogP contribution in [0.5, 0.6) is 5.75 Å². The van der Waals surface area contributed by atoms with Gasteiger partial charge in [0, 0.05) is 5.56 Å². The van der Waals surface area contributed by atoms with Gasteiger partial charge in [-0.15, -0.1) is 0 Å². The number of esters is 1. The number of carbonyl (C=O) groups excluding carboxylic acids is 1. The minimum absolute atomic E-state index is 0.378. The van der Waals surface area contributed by atoms with Crippen LogP contribution in [-0.2, 0) is 9.53 Å². The van der Waals surface area contributed by atoms with E-state index >= 15 is 0 Å². The smallest absolute Gasteiger partial charge is 0.338 e. The Morgan fingerprint density at radius 2 is 1.77 bits per heavy atom. The van der Waals surface area contributed by atoms with Crippen molar-refractivity contribution < 1.29 is 14.3 Å². The molecule has 4 heteroatoms. The second-order valence-corrected chi connectivity index (χ2v) is 4.97. The van der Waals surface area contributed by atoms with Gasteiger partial charge in [0.2, 0.25) is 0 Å². The Kier molecular flexibility index (Phi) is 15.8. The molecule has 0 fully saturated rings. The fraction of sp³-hybridized carbons (Fsp3) is 0.455. The summed E-state index contributed by atoms with van der Waals surface area (Å²) in [4.78, 5) is 11.8. The van der Waals surface area contributed by atoms with E-state index in [9.17, 15) is 4.79 Å². The quantitative estimate of drug-likeness (QED) is 0.359. The third-order valence-corrected chi connectivity index (χ3v) is 3.44. The first-order chi connectivity index (χ1) is 12.5. The van der Waals surface area contributed by atoms with Crippen molar-refractivity contribution in [3.05, 3.63) is 47.6 Å². The maximum absolute atomic E-state index is 11.8. The van der Waals surface area contributed by atoms with Crippen LogP contribution >= 0.6 is 0 Å². The van der Waals surface area contributed by atoms with Crippen LogP contribution < -0.4 is 4.74 Å². The summed E-state index contributed by atoms with van der Waals surface area (Å²) >= 11 is 0. The first-order valence-electron chi connectivity index (χ1n) is 9.06. The van der Waals surface area contributed by atoms with Gasteiger partial charge in [-0.25, -0.2) is 4.79 Å². The van der Waals surface area contributed by atoms with Gasteiger partial charge >= 0.3 is 5.97 Å². The van der Waals surface area contributed by atoms with E-state index in [4.69, 9.17) is 14.7 Å². The first kappa shape index (κ1) is 25.7. The van der Waals surface area contributed by atoms with Crippen LogP contribution in [0.2, 0.25) is 0 Å². The lowest BCUT2D eigenvalue weighted by Gasteiger charge is -2.14. The van der Waals surface area contributed by atoms with Crippen molar-refractivity contribution in [2.24, 2.45) is 0 Å². The Morgan fingerprint density at radius 3 is 2.12 bits per heavy atom. The van der Waals surface area contributed by atoms with Gasteiger partial charge in [-0.1, -0.05) is 60.1 Å². The molecule has 0 saturated heterocycles. The summed E-state index contributed by atoms with van der Waals surface area (Å²) in [5, 5.41) is 9.01. The topological polar surface area (TPSA) is 59.3 Å². The molecule has 4 nitrogen and oxygen atoms in total.